The van der Waals surface area contributed by atoms with Crippen molar-refractivity contribution in [3.05, 3.63) is 0 Å². The summed E-state index contributed by atoms with van der Waals surface area (Å²) < 4.78 is 11.4. The molecule has 1 aliphatic heterocycles. The van der Waals surface area contributed by atoms with Crippen molar-refractivity contribution in [2.45, 2.75) is 58.5 Å². The zero-order valence-electron chi connectivity index (χ0n) is 7.89. The fraction of sp³-hybridized carbons (Fsp3) is 1.00. The van der Waals surface area contributed by atoms with Crippen LogP contribution in [0.15, 0.2) is 0 Å². The summed E-state index contributed by atoms with van der Waals surface area (Å²) in [5.41, 5.74) is 0. The van der Waals surface area contributed by atoms with E-state index in [1.165, 1.54) is 0 Å². The van der Waals surface area contributed by atoms with Crippen LogP contribution in [0.5, 0.6) is 0 Å². The minimum Gasteiger partial charge on any atom is -0.345 e. The van der Waals surface area contributed by atoms with Crippen molar-refractivity contribution in [3.8, 4) is 0 Å². The molecule has 2 atom stereocenters. The van der Waals surface area contributed by atoms with Gasteiger partial charge in [-0.15, -0.1) is 0 Å². The second-order valence-electron chi connectivity index (χ2n) is 3.53. The van der Waals surface area contributed by atoms with E-state index < -0.39 is 0 Å². The molecule has 1 fully saturated rings. The average Bonchev–Trinajstić information content (AvgIpc) is 2.25. The molecular formula is C9H18O2. The third kappa shape index (κ3) is 1.94. The summed E-state index contributed by atoms with van der Waals surface area (Å²) in [5, 5.41) is 0. The van der Waals surface area contributed by atoms with Crippen molar-refractivity contribution in [2.24, 2.45) is 0 Å². The normalized spacial score (nSPS) is 36.0. The number of rotatable bonds is 2. The van der Waals surface area contributed by atoms with Gasteiger partial charge in [0.1, 0.15) is 0 Å². The molecule has 0 spiro atoms. The first-order valence-electron chi connectivity index (χ1n) is 4.44. The fourth-order valence-electron chi connectivity index (χ4n) is 1.60. The van der Waals surface area contributed by atoms with Crippen LogP contribution in [0.2, 0.25) is 0 Å². The zero-order valence-corrected chi connectivity index (χ0v) is 7.89. The molecule has 11 heavy (non-hydrogen) atoms. The van der Waals surface area contributed by atoms with Gasteiger partial charge in [0.15, 0.2) is 5.79 Å². The van der Waals surface area contributed by atoms with E-state index in [2.05, 4.69) is 13.8 Å². The largest absolute Gasteiger partial charge is 0.345 e. The predicted molar refractivity (Wildman–Crippen MR) is 44.4 cm³/mol. The Labute approximate surface area is 68.9 Å². The molecule has 0 radical (unpaired) electrons. The lowest BCUT2D eigenvalue weighted by Crippen LogP contribution is -2.21. The first-order valence-corrected chi connectivity index (χ1v) is 4.44. The fourth-order valence-corrected chi connectivity index (χ4v) is 1.60. The second-order valence-corrected chi connectivity index (χ2v) is 3.53. The van der Waals surface area contributed by atoms with Crippen LogP contribution in [0.1, 0.15) is 40.5 Å². The minimum atomic E-state index is -0.360. The summed E-state index contributed by atoms with van der Waals surface area (Å²) in [4.78, 5) is 0. The quantitative estimate of drug-likeness (QED) is 0.614. The Kier molecular flexibility index (Phi) is 2.55. The second kappa shape index (κ2) is 3.11. The molecule has 0 amide bonds. The van der Waals surface area contributed by atoms with Crippen LogP contribution in [-0.2, 0) is 9.47 Å². The van der Waals surface area contributed by atoms with E-state index in [1.54, 1.807) is 0 Å². The van der Waals surface area contributed by atoms with Gasteiger partial charge < -0.3 is 9.47 Å². The molecule has 1 aliphatic rings. The van der Waals surface area contributed by atoms with Crippen molar-refractivity contribution in [1.29, 1.82) is 0 Å². The van der Waals surface area contributed by atoms with Crippen LogP contribution < -0.4 is 0 Å². The van der Waals surface area contributed by atoms with Crippen LogP contribution in [0, 0.1) is 0 Å². The minimum absolute atomic E-state index is 0.301. The van der Waals surface area contributed by atoms with Crippen molar-refractivity contribution >= 4 is 0 Å². The molecule has 0 aliphatic carbocycles. The van der Waals surface area contributed by atoms with Crippen LogP contribution in [0.3, 0.4) is 0 Å². The van der Waals surface area contributed by atoms with E-state index in [1.807, 2.05) is 13.8 Å². The lowest BCUT2D eigenvalue weighted by atomic mass is 10.1. The monoisotopic (exact) mass is 158 g/mol. The van der Waals surface area contributed by atoms with E-state index in [0.717, 1.165) is 12.8 Å². The van der Waals surface area contributed by atoms with Crippen molar-refractivity contribution in [2.75, 3.05) is 0 Å². The van der Waals surface area contributed by atoms with Gasteiger partial charge in [0.05, 0.1) is 12.2 Å². The van der Waals surface area contributed by atoms with E-state index >= 15 is 0 Å². The van der Waals surface area contributed by atoms with Gasteiger partial charge in [-0.3, -0.25) is 0 Å². The van der Waals surface area contributed by atoms with Gasteiger partial charge >= 0.3 is 0 Å². The van der Waals surface area contributed by atoms with Gasteiger partial charge in [-0.1, -0.05) is 13.8 Å². The molecule has 1 rings (SSSR count). The lowest BCUT2D eigenvalue weighted by Gasteiger charge is -2.16. The molecule has 66 valence electrons. The van der Waals surface area contributed by atoms with Gasteiger partial charge in [0, 0.05) is 0 Å². The molecule has 2 unspecified atom stereocenters. The summed E-state index contributed by atoms with van der Waals surface area (Å²) in [7, 11) is 0. The first-order chi connectivity index (χ1) is 5.09. The van der Waals surface area contributed by atoms with Gasteiger partial charge in [-0.2, -0.15) is 0 Å². The molecule has 2 heteroatoms. The van der Waals surface area contributed by atoms with E-state index in [-0.39, 0.29) is 5.79 Å². The highest BCUT2D eigenvalue weighted by Crippen LogP contribution is 2.30. The molecule has 0 saturated carbocycles. The molecule has 0 aromatic carbocycles. The molecule has 0 aromatic heterocycles. The molecular weight excluding hydrogens is 140 g/mol. The standard InChI is InChI=1S/C9H18O2/c1-5-7-8(6-2)11-9(3,4)10-7/h7-8H,5-6H2,1-4H3. The van der Waals surface area contributed by atoms with Crippen molar-refractivity contribution in [1.82, 2.24) is 0 Å². The van der Waals surface area contributed by atoms with Crippen LogP contribution in [0.25, 0.3) is 0 Å². The Balaban J connectivity index is 2.55. The third-order valence-electron chi connectivity index (χ3n) is 2.09. The molecule has 2 nitrogen and oxygen atoms in total. The van der Waals surface area contributed by atoms with Crippen molar-refractivity contribution < 1.29 is 9.47 Å². The Hall–Kier alpha value is -0.0800. The number of hydrogen-bond acceptors (Lipinski definition) is 2. The van der Waals surface area contributed by atoms with Crippen LogP contribution >= 0.6 is 0 Å². The van der Waals surface area contributed by atoms with E-state index in [0.29, 0.717) is 12.2 Å². The van der Waals surface area contributed by atoms with Crippen molar-refractivity contribution in [3.63, 3.8) is 0 Å². The Morgan fingerprint density at radius 2 is 1.36 bits per heavy atom. The Morgan fingerprint density at radius 1 is 1.00 bits per heavy atom. The highest BCUT2D eigenvalue weighted by molar-refractivity contribution is 4.79. The first kappa shape index (κ1) is 9.01. The van der Waals surface area contributed by atoms with Gasteiger partial charge in [0.25, 0.3) is 0 Å². The van der Waals surface area contributed by atoms with Gasteiger partial charge in [0.2, 0.25) is 0 Å². The highest BCUT2D eigenvalue weighted by Gasteiger charge is 2.38. The summed E-state index contributed by atoms with van der Waals surface area (Å²) in [6, 6.07) is 0. The Bertz CT molecular complexity index is 118. The Morgan fingerprint density at radius 3 is 1.64 bits per heavy atom. The van der Waals surface area contributed by atoms with E-state index in [4.69, 9.17) is 9.47 Å². The summed E-state index contributed by atoms with van der Waals surface area (Å²) >= 11 is 0. The highest BCUT2D eigenvalue weighted by atomic mass is 16.7. The number of hydrogen-bond donors (Lipinski definition) is 0. The maximum absolute atomic E-state index is 5.68. The molecule has 0 aromatic rings. The third-order valence-corrected chi connectivity index (χ3v) is 2.09. The summed E-state index contributed by atoms with van der Waals surface area (Å²) in [6.45, 7) is 8.23. The smallest absolute Gasteiger partial charge is 0.163 e. The maximum atomic E-state index is 5.68. The SMILES string of the molecule is CCC1OC(C)(C)OC1CC. The topological polar surface area (TPSA) is 18.5 Å². The van der Waals surface area contributed by atoms with Gasteiger partial charge in [-0.05, 0) is 26.7 Å². The number of ether oxygens (including phenoxy) is 2. The average molecular weight is 158 g/mol. The zero-order chi connectivity index (χ0) is 8.48. The summed E-state index contributed by atoms with van der Waals surface area (Å²) in [6.07, 6.45) is 2.69. The maximum Gasteiger partial charge on any atom is 0.163 e. The lowest BCUT2D eigenvalue weighted by molar-refractivity contribution is -0.146. The molecule has 1 saturated heterocycles. The van der Waals surface area contributed by atoms with E-state index in [9.17, 15) is 0 Å². The molecule has 1 heterocycles. The molecule has 0 N–H and O–H groups in total. The summed E-state index contributed by atoms with van der Waals surface area (Å²) in [5.74, 6) is -0.360. The van der Waals surface area contributed by atoms with Crippen LogP contribution in [-0.4, -0.2) is 18.0 Å². The van der Waals surface area contributed by atoms with Crippen LogP contribution in [0.4, 0.5) is 0 Å². The van der Waals surface area contributed by atoms with Gasteiger partial charge in [-0.25, -0.2) is 0 Å². The predicted octanol–water partition coefficient (Wildman–Crippen LogP) is 2.33. The molecule has 0 bridgehead atoms.